The molecule has 7 nitrogen and oxygen atoms in total. The minimum atomic E-state index is -3.28. The molecule has 2 heterocycles. The first-order valence-electron chi connectivity index (χ1n) is 9.70. The van der Waals surface area contributed by atoms with Gasteiger partial charge >= 0.3 is 0 Å². The van der Waals surface area contributed by atoms with Crippen molar-refractivity contribution in [3.63, 3.8) is 0 Å². The normalized spacial score (nSPS) is 15.0. The lowest BCUT2D eigenvalue weighted by molar-refractivity contribution is -0.132. The summed E-state index contributed by atoms with van der Waals surface area (Å²) in [4.78, 5) is 21.5. The highest BCUT2D eigenvalue weighted by atomic mass is 35.5. The molecule has 0 atom stereocenters. The summed E-state index contributed by atoms with van der Waals surface area (Å²) in [6, 6.07) is 15.1. The van der Waals surface area contributed by atoms with Crippen LogP contribution in [0.25, 0.3) is 11.0 Å². The van der Waals surface area contributed by atoms with Crippen LogP contribution < -0.4 is 4.90 Å². The van der Waals surface area contributed by atoms with Gasteiger partial charge in [0.1, 0.15) is 18.1 Å². The van der Waals surface area contributed by atoms with Crippen LogP contribution in [-0.2, 0) is 26.9 Å². The maximum Gasteiger partial charge on any atom is 0.242 e. The molecule has 1 saturated heterocycles. The van der Waals surface area contributed by atoms with E-state index in [0.717, 1.165) is 11.2 Å². The quantitative estimate of drug-likeness (QED) is 0.602. The molecule has 1 fully saturated rings. The average Bonchev–Trinajstić information content (AvgIpc) is 3.03. The van der Waals surface area contributed by atoms with E-state index in [1.165, 1.54) is 6.26 Å². The first kappa shape index (κ1) is 20.7. The molecule has 1 aliphatic rings. The number of para-hydroxylation sites is 2. The summed E-state index contributed by atoms with van der Waals surface area (Å²) in [5.74, 6) is 0.153. The number of hydrogen-bond acceptors (Lipinski definition) is 5. The second-order valence-corrected chi connectivity index (χ2v) is 10.1. The topological polar surface area (TPSA) is 75.5 Å². The van der Waals surface area contributed by atoms with E-state index in [1.54, 1.807) is 4.57 Å². The van der Waals surface area contributed by atoms with E-state index in [-0.39, 0.29) is 18.2 Å². The maximum atomic E-state index is 13.0. The lowest BCUT2D eigenvalue weighted by atomic mass is 10.2. The number of imidazole rings is 1. The predicted octanol–water partition coefficient (Wildman–Crippen LogP) is 2.58. The number of rotatable bonds is 5. The Morgan fingerprint density at radius 2 is 1.80 bits per heavy atom. The highest BCUT2D eigenvalue weighted by molar-refractivity contribution is 7.89. The molecule has 1 amide bonds. The summed E-state index contributed by atoms with van der Waals surface area (Å²) in [5.41, 5.74) is 2.50. The Hall–Kier alpha value is -2.58. The highest BCUT2D eigenvalue weighted by Crippen LogP contribution is 2.22. The van der Waals surface area contributed by atoms with Crippen molar-refractivity contribution in [2.45, 2.75) is 12.3 Å². The van der Waals surface area contributed by atoms with E-state index in [2.05, 4.69) is 9.88 Å². The Morgan fingerprint density at radius 3 is 2.50 bits per heavy atom. The van der Waals surface area contributed by atoms with Gasteiger partial charge < -0.3 is 14.4 Å². The van der Waals surface area contributed by atoms with Gasteiger partial charge in [-0.25, -0.2) is 13.4 Å². The Balaban J connectivity index is 1.49. The third-order valence-electron chi connectivity index (χ3n) is 5.22. The highest BCUT2D eigenvalue weighted by Gasteiger charge is 2.24. The second kappa shape index (κ2) is 8.28. The monoisotopic (exact) mass is 446 g/mol. The molecule has 0 saturated carbocycles. The number of anilines is 1. The molecule has 1 aromatic heterocycles. The molecule has 9 heteroatoms. The van der Waals surface area contributed by atoms with Gasteiger partial charge in [-0.1, -0.05) is 29.8 Å². The first-order chi connectivity index (χ1) is 14.3. The van der Waals surface area contributed by atoms with Gasteiger partial charge in [-0.3, -0.25) is 4.79 Å². The number of aromatic nitrogens is 2. The van der Waals surface area contributed by atoms with Crippen molar-refractivity contribution in [1.82, 2.24) is 14.5 Å². The molecular formula is C21H23ClN4O3S. The third-order valence-corrected chi connectivity index (χ3v) is 6.24. The van der Waals surface area contributed by atoms with Crippen LogP contribution in [-0.4, -0.2) is 61.2 Å². The van der Waals surface area contributed by atoms with Gasteiger partial charge in [0.05, 0.1) is 11.0 Å². The van der Waals surface area contributed by atoms with Crippen LogP contribution in [0.15, 0.2) is 48.5 Å². The fourth-order valence-electron chi connectivity index (χ4n) is 3.77. The summed E-state index contributed by atoms with van der Waals surface area (Å²) < 4.78 is 25.4. The summed E-state index contributed by atoms with van der Waals surface area (Å²) in [6.45, 7) is 2.70. The molecule has 158 valence electrons. The van der Waals surface area contributed by atoms with Crippen molar-refractivity contribution in [2.24, 2.45) is 0 Å². The van der Waals surface area contributed by atoms with Crippen LogP contribution in [0.5, 0.6) is 0 Å². The summed E-state index contributed by atoms with van der Waals surface area (Å²) in [6.07, 6.45) is 1.17. The van der Waals surface area contributed by atoms with Crippen molar-refractivity contribution in [3.8, 4) is 0 Å². The van der Waals surface area contributed by atoms with E-state index >= 15 is 0 Å². The number of sulfone groups is 1. The van der Waals surface area contributed by atoms with Gasteiger partial charge in [-0.15, -0.1) is 0 Å². The maximum absolute atomic E-state index is 13.0. The lowest BCUT2D eigenvalue weighted by Crippen LogP contribution is -2.49. The minimum absolute atomic E-state index is 0.0429. The Morgan fingerprint density at radius 1 is 1.07 bits per heavy atom. The fraction of sp³-hybridized carbons (Fsp3) is 0.333. The SMILES string of the molecule is CS(=O)(=O)Cc1nc2ccccc2n1CC(=O)N1CCN(c2cccc(Cl)c2)CC1. The first-order valence-corrected chi connectivity index (χ1v) is 12.1. The van der Waals surface area contributed by atoms with Crippen LogP contribution in [0.4, 0.5) is 5.69 Å². The Labute approximate surface area is 180 Å². The van der Waals surface area contributed by atoms with Crippen LogP contribution >= 0.6 is 11.6 Å². The molecule has 0 N–H and O–H groups in total. The number of halogens is 1. The van der Waals surface area contributed by atoms with Crippen molar-refractivity contribution >= 4 is 44.1 Å². The number of carbonyl (C=O) groups is 1. The van der Waals surface area contributed by atoms with Crippen LogP contribution in [0.3, 0.4) is 0 Å². The molecule has 30 heavy (non-hydrogen) atoms. The number of amides is 1. The molecule has 0 bridgehead atoms. The molecule has 4 rings (SSSR count). The summed E-state index contributed by atoms with van der Waals surface area (Å²) in [5, 5.41) is 0.691. The summed E-state index contributed by atoms with van der Waals surface area (Å²) in [7, 11) is -3.28. The Bertz CT molecular complexity index is 1180. The van der Waals surface area contributed by atoms with Gasteiger partial charge in [-0.2, -0.15) is 0 Å². The average molecular weight is 447 g/mol. The molecular weight excluding hydrogens is 424 g/mol. The fourth-order valence-corrected chi connectivity index (χ4v) is 4.64. The number of fused-ring (bicyclic) bond motifs is 1. The number of benzene rings is 2. The molecule has 0 radical (unpaired) electrons. The standard InChI is InChI=1S/C21H23ClN4O3S/c1-30(28,29)15-20-23-18-7-2-3-8-19(18)26(20)14-21(27)25-11-9-24(10-12-25)17-6-4-5-16(22)13-17/h2-8,13H,9-12,14-15H2,1H3. The van der Waals surface area contributed by atoms with Crippen molar-refractivity contribution in [1.29, 1.82) is 0 Å². The van der Waals surface area contributed by atoms with Crippen molar-refractivity contribution in [2.75, 3.05) is 37.3 Å². The van der Waals surface area contributed by atoms with E-state index in [4.69, 9.17) is 11.6 Å². The zero-order valence-corrected chi connectivity index (χ0v) is 18.2. The van der Waals surface area contributed by atoms with E-state index < -0.39 is 9.84 Å². The summed E-state index contributed by atoms with van der Waals surface area (Å²) >= 11 is 6.09. The molecule has 0 unspecified atom stereocenters. The van der Waals surface area contributed by atoms with Crippen molar-refractivity contribution in [3.05, 3.63) is 59.4 Å². The molecule has 0 spiro atoms. The lowest BCUT2D eigenvalue weighted by Gasteiger charge is -2.36. The molecule has 1 aliphatic heterocycles. The van der Waals surface area contributed by atoms with Crippen LogP contribution in [0.2, 0.25) is 5.02 Å². The number of nitrogens with zero attached hydrogens (tertiary/aromatic N) is 4. The van der Waals surface area contributed by atoms with E-state index in [0.29, 0.717) is 42.5 Å². The van der Waals surface area contributed by atoms with Crippen molar-refractivity contribution < 1.29 is 13.2 Å². The van der Waals surface area contributed by atoms with Gasteiger partial charge in [0.2, 0.25) is 5.91 Å². The smallest absolute Gasteiger partial charge is 0.242 e. The number of hydrogen-bond donors (Lipinski definition) is 0. The third kappa shape index (κ3) is 4.60. The number of piperazine rings is 1. The van der Waals surface area contributed by atoms with E-state index in [9.17, 15) is 13.2 Å². The second-order valence-electron chi connectivity index (χ2n) is 7.52. The van der Waals surface area contributed by atoms with Gasteiger partial charge in [0.15, 0.2) is 9.84 Å². The number of carbonyl (C=O) groups excluding carboxylic acids is 1. The van der Waals surface area contributed by atoms with Gasteiger partial charge in [0, 0.05) is 43.1 Å². The largest absolute Gasteiger partial charge is 0.368 e. The zero-order chi connectivity index (χ0) is 21.3. The van der Waals surface area contributed by atoms with E-state index in [1.807, 2.05) is 53.4 Å². The van der Waals surface area contributed by atoms with Crippen LogP contribution in [0, 0.1) is 0 Å². The zero-order valence-electron chi connectivity index (χ0n) is 16.7. The van der Waals surface area contributed by atoms with Gasteiger partial charge in [0.25, 0.3) is 0 Å². The van der Waals surface area contributed by atoms with Crippen LogP contribution in [0.1, 0.15) is 5.82 Å². The predicted molar refractivity (Wildman–Crippen MR) is 119 cm³/mol. The molecule has 3 aromatic rings. The molecule has 2 aromatic carbocycles. The minimum Gasteiger partial charge on any atom is -0.368 e. The molecule has 0 aliphatic carbocycles. The van der Waals surface area contributed by atoms with Gasteiger partial charge in [-0.05, 0) is 30.3 Å². The Kier molecular flexibility index (Phi) is 5.71.